The van der Waals surface area contributed by atoms with Crippen LogP contribution in [0.3, 0.4) is 0 Å². The van der Waals surface area contributed by atoms with Gasteiger partial charge in [-0.2, -0.15) is 0 Å². The normalized spacial score (nSPS) is 13.6. The van der Waals surface area contributed by atoms with E-state index in [4.69, 9.17) is 22.2 Å². The molecule has 4 aromatic carbocycles. The zero-order chi connectivity index (χ0) is 19.6. The molecule has 0 atom stereocenters. The molecule has 0 fully saturated rings. The Morgan fingerprint density at radius 1 is 0.483 bits per heavy atom. The van der Waals surface area contributed by atoms with E-state index in [1.54, 1.807) is 0 Å². The van der Waals surface area contributed by atoms with Gasteiger partial charge in [0.1, 0.15) is 0 Å². The number of rotatable bonds is 2. The molecule has 0 unspecified atom stereocenters. The van der Waals surface area contributed by atoms with Crippen LogP contribution in [0.15, 0.2) is 84.9 Å². The van der Waals surface area contributed by atoms with Gasteiger partial charge in [-0.15, -0.1) is 22.2 Å². The molecule has 140 valence electrons. The van der Waals surface area contributed by atoms with Crippen molar-refractivity contribution in [3.05, 3.63) is 107 Å². The van der Waals surface area contributed by atoms with E-state index >= 15 is 0 Å². The summed E-state index contributed by atoms with van der Waals surface area (Å²) in [7, 11) is 0. The van der Waals surface area contributed by atoms with E-state index < -0.39 is 6.69 Å². The minimum atomic E-state index is -2.90. The van der Waals surface area contributed by atoms with Crippen LogP contribution in [0.4, 0.5) is 0 Å². The topological polar surface area (TPSA) is 0 Å². The fourth-order valence-electron chi connectivity index (χ4n) is 5.05. The van der Waals surface area contributed by atoms with Gasteiger partial charge in [-0.1, -0.05) is 84.9 Å². The predicted molar refractivity (Wildman–Crippen MR) is 126 cm³/mol. The molecular weight excluding hydrogens is 411 g/mol. The molecule has 0 radical (unpaired) electrons. The summed E-state index contributed by atoms with van der Waals surface area (Å²) in [6.07, 6.45) is 1.82. The van der Waals surface area contributed by atoms with Crippen molar-refractivity contribution in [2.75, 3.05) is 0 Å². The number of halogens is 2. The van der Waals surface area contributed by atoms with Gasteiger partial charge >= 0.3 is 6.69 Å². The molecule has 29 heavy (non-hydrogen) atoms. The summed E-state index contributed by atoms with van der Waals surface area (Å²) in [6.45, 7) is -2.90. The van der Waals surface area contributed by atoms with E-state index in [-0.39, 0.29) is 0 Å². The zero-order valence-electron chi connectivity index (χ0n) is 15.8. The van der Waals surface area contributed by atoms with Gasteiger partial charge in [0.25, 0.3) is 0 Å². The Morgan fingerprint density at radius 3 is 1.38 bits per heavy atom. The van der Waals surface area contributed by atoms with Gasteiger partial charge in [0, 0.05) is 0 Å². The monoisotopic (exact) mass is 428 g/mol. The molecule has 0 spiro atoms. The number of fused-ring (bicyclic) bond motifs is 6. The van der Waals surface area contributed by atoms with Crippen molar-refractivity contribution in [1.29, 1.82) is 0 Å². The summed E-state index contributed by atoms with van der Waals surface area (Å²) in [5.74, 6) is 0. The molecule has 0 saturated heterocycles. The Balaban J connectivity index is 1.53. The summed E-state index contributed by atoms with van der Waals surface area (Å²) >= 11 is 14.7. The lowest BCUT2D eigenvalue weighted by Crippen LogP contribution is -2.51. The van der Waals surface area contributed by atoms with Crippen LogP contribution in [-0.2, 0) is 12.8 Å². The van der Waals surface area contributed by atoms with E-state index in [1.165, 1.54) is 44.5 Å². The van der Waals surface area contributed by atoms with Crippen LogP contribution in [0.1, 0.15) is 22.3 Å². The number of benzene rings is 4. The predicted octanol–water partition coefficient (Wildman–Crippen LogP) is 5.86. The van der Waals surface area contributed by atoms with Crippen molar-refractivity contribution >= 4 is 39.2 Å². The first kappa shape index (κ1) is 17.5. The molecule has 0 aromatic heterocycles. The molecule has 0 aliphatic heterocycles. The molecule has 0 bridgehead atoms. The lowest BCUT2D eigenvalue weighted by atomic mass is 10.1. The minimum Gasteiger partial charge on any atom is -0.134 e. The van der Waals surface area contributed by atoms with E-state index in [0.29, 0.717) is 0 Å². The quantitative estimate of drug-likeness (QED) is 0.239. The lowest BCUT2D eigenvalue weighted by Gasteiger charge is -2.24. The first-order valence-electron chi connectivity index (χ1n) is 9.93. The van der Waals surface area contributed by atoms with E-state index in [9.17, 15) is 0 Å². The van der Waals surface area contributed by atoms with Gasteiger partial charge < -0.3 is 0 Å². The third-order valence-corrected chi connectivity index (χ3v) is 11.1. The Hall–Kier alpha value is -2.32. The van der Waals surface area contributed by atoms with Crippen LogP contribution in [0.25, 0.3) is 22.3 Å². The first-order chi connectivity index (χ1) is 14.1. The molecule has 0 N–H and O–H groups in total. The summed E-state index contributed by atoms with van der Waals surface area (Å²) in [5.41, 5.74) is 10.5. The Kier molecular flexibility index (Phi) is 3.83. The first-order valence-corrected chi connectivity index (χ1v) is 14.0. The molecule has 0 amide bonds. The van der Waals surface area contributed by atoms with Crippen molar-refractivity contribution in [2.24, 2.45) is 0 Å². The van der Waals surface area contributed by atoms with Gasteiger partial charge in [-0.05, 0) is 67.7 Å². The van der Waals surface area contributed by atoms with Crippen molar-refractivity contribution < 1.29 is 0 Å². The summed E-state index contributed by atoms with van der Waals surface area (Å²) in [4.78, 5) is 0. The Labute approximate surface area is 181 Å². The van der Waals surface area contributed by atoms with Crippen LogP contribution in [-0.4, -0.2) is 6.69 Å². The summed E-state index contributed by atoms with van der Waals surface area (Å²) in [5, 5.41) is 2.28. The van der Waals surface area contributed by atoms with Gasteiger partial charge in [-0.25, -0.2) is 0 Å². The van der Waals surface area contributed by atoms with Gasteiger partial charge in [0.2, 0.25) is 0 Å². The van der Waals surface area contributed by atoms with Gasteiger partial charge in [-0.3, -0.25) is 0 Å². The highest BCUT2D eigenvalue weighted by Crippen LogP contribution is 2.39. The second-order valence-corrected chi connectivity index (χ2v) is 14.1. The molecule has 0 nitrogen and oxygen atoms in total. The smallest absolute Gasteiger partial charge is 0.134 e. The van der Waals surface area contributed by atoms with E-state index in [2.05, 4.69) is 84.9 Å². The van der Waals surface area contributed by atoms with Gasteiger partial charge in [0.05, 0.1) is 0 Å². The number of hydrogen-bond donors (Lipinski definition) is 0. The third-order valence-electron chi connectivity index (χ3n) is 6.38. The van der Waals surface area contributed by atoms with E-state index in [1.807, 2.05) is 0 Å². The zero-order valence-corrected chi connectivity index (χ0v) is 18.3. The molecular formula is C26H18Cl2Si. The van der Waals surface area contributed by atoms with Crippen LogP contribution < -0.4 is 10.4 Å². The highest BCUT2D eigenvalue weighted by atomic mass is 35.7. The van der Waals surface area contributed by atoms with Crippen LogP contribution >= 0.6 is 22.2 Å². The molecule has 6 rings (SSSR count). The largest absolute Gasteiger partial charge is 0.311 e. The highest BCUT2D eigenvalue weighted by Gasteiger charge is 2.40. The molecule has 4 aromatic rings. The molecule has 2 aliphatic rings. The summed E-state index contributed by atoms with van der Waals surface area (Å²) < 4.78 is 0. The molecule has 3 heteroatoms. The second kappa shape index (κ2) is 6.34. The Bertz CT molecular complexity index is 1190. The standard InChI is InChI=1S/C26H18Cl2Si/c27-29(28,25-13-5-11-21-19-9-3-1-7-17(19)15-23(21)25)26-14-6-12-22-20-10-4-2-8-18(20)16-24(22)26/h1-14H,15-16H2. The maximum Gasteiger partial charge on any atom is 0.311 e. The van der Waals surface area contributed by atoms with Crippen molar-refractivity contribution in [2.45, 2.75) is 12.8 Å². The second-order valence-electron chi connectivity index (χ2n) is 7.91. The molecule has 0 heterocycles. The van der Waals surface area contributed by atoms with Crippen LogP contribution in [0.5, 0.6) is 0 Å². The Morgan fingerprint density at radius 2 is 0.897 bits per heavy atom. The fourth-order valence-corrected chi connectivity index (χ4v) is 9.28. The molecule has 0 saturated carbocycles. The average molecular weight is 429 g/mol. The average Bonchev–Trinajstić information content (AvgIpc) is 3.31. The lowest BCUT2D eigenvalue weighted by molar-refractivity contribution is 1.27. The SMILES string of the molecule is Cl[Si](Cl)(c1cccc2c1Cc1ccccc1-2)c1cccc2c1Cc1ccccc1-2. The number of hydrogen-bond acceptors (Lipinski definition) is 0. The maximum atomic E-state index is 7.34. The fraction of sp³-hybridized carbons (Fsp3) is 0.0769. The van der Waals surface area contributed by atoms with Crippen molar-refractivity contribution in [3.63, 3.8) is 0 Å². The van der Waals surface area contributed by atoms with Crippen LogP contribution in [0, 0.1) is 0 Å². The molecule has 2 aliphatic carbocycles. The van der Waals surface area contributed by atoms with Crippen molar-refractivity contribution in [3.8, 4) is 22.3 Å². The van der Waals surface area contributed by atoms with E-state index in [0.717, 1.165) is 23.2 Å². The summed E-state index contributed by atoms with van der Waals surface area (Å²) in [6, 6.07) is 30.2. The minimum absolute atomic E-state index is 0.908. The maximum absolute atomic E-state index is 7.34. The van der Waals surface area contributed by atoms with Crippen LogP contribution in [0.2, 0.25) is 0 Å². The van der Waals surface area contributed by atoms with Crippen molar-refractivity contribution in [1.82, 2.24) is 0 Å². The third kappa shape index (κ3) is 2.51. The highest BCUT2D eigenvalue weighted by molar-refractivity contribution is 7.56. The van der Waals surface area contributed by atoms with Gasteiger partial charge in [0.15, 0.2) is 0 Å².